The highest BCUT2D eigenvalue weighted by molar-refractivity contribution is 5.72. The Morgan fingerprint density at radius 1 is 1.14 bits per heavy atom. The van der Waals surface area contributed by atoms with Crippen LogP contribution >= 0.6 is 0 Å². The standard InChI is InChI=1S/C17H21NO3/c1-13-8-9-16(21-13)12-18(2)11-15-7-5-4-6-14(15)10-17(19)20-3/h4-9H,10-12H2,1-3H3. The van der Waals surface area contributed by atoms with Crippen LogP contribution in [0.1, 0.15) is 22.6 Å². The lowest BCUT2D eigenvalue weighted by molar-refractivity contribution is -0.139. The summed E-state index contributed by atoms with van der Waals surface area (Å²) < 4.78 is 10.3. The van der Waals surface area contributed by atoms with Crippen LogP contribution in [-0.2, 0) is 29.0 Å². The number of hydrogen-bond donors (Lipinski definition) is 0. The lowest BCUT2D eigenvalue weighted by Gasteiger charge is -2.17. The van der Waals surface area contributed by atoms with Crippen molar-refractivity contribution in [1.82, 2.24) is 4.90 Å². The topological polar surface area (TPSA) is 42.7 Å². The van der Waals surface area contributed by atoms with Crippen molar-refractivity contribution in [2.24, 2.45) is 0 Å². The van der Waals surface area contributed by atoms with Crippen molar-refractivity contribution in [3.63, 3.8) is 0 Å². The first-order valence-electron chi connectivity index (χ1n) is 6.96. The second kappa shape index (κ2) is 7.09. The molecule has 0 fully saturated rings. The Balaban J connectivity index is 2.03. The van der Waals surface area contributed by atoms with Crippen LogP contribution in [0.2, 0.25) is 0 Å². The molecule has 0 aliphatic rings. The van der Waals surface area contributed by atoms with Crippen LogP contribution < -0.4 is 0 Å². The van der Waals surface area contributed by atoms with E-state index in [4.69, 9.17) is 9.15 Å². The van der Waals surface area contributed by atoms with Crippen molar-refractivity contribution in [1.29, 1.82) is 0 Å². The number of carbonyl (C=O) groups excluding carboxylic acids is 1. The molecule has 21 heavy (non-hydrogen) atoms. The van der Waals surface area contributed by atoms with Gasteiger partial charge in [0.1, 0.15) is 11.5 Å². The molecule has 2 aromatic rings. The van der Waals surface area contributed by atoms with Crippen LogP contribution in [0.5, 0.6) is 0 Å². The minimum atomic E-state index is -0.216. The number of hydrogen-bond acceptors (Lipinski definition) is 4. The van der Waals surface area contributed by atoms with Gasteiger partial charge in [-0.3, -0.25) is 9.69 Å². The molecule has 112 valence electrons. The third kappa shape index (κ3) is 4.46. The minimum Gasteiger partial charge on any atom is -0.469 e. The molecule has 0 atom stereocenters. The second-order valence-corrected chi connectivity index (χ2v) is 5.21. The Kier molecular flexibility index (Phi) is 5.17. The van der Waals surface area contributed by atoms with Gasteiger partial charge >= 0.3 is 5.97 Å². The number of benzene rings is 1. The van der Waals surface area contributed by atoms with E-state index in [1.54, 1.807) is 0 Å². The largest absolute Gasteiger partial charge is 0.469 e. The molecule has 4 nitrogen and oxygen atoms in total. The zero-order valence-electron chi connectivity index (χ0n) is 12.8. The number of methoxy groups -OCH3 is 1. The average molecular weight is 287 g/mol. The third-order valence-corrected chi connectivity index (χ3v) is 3.34. The molecule has 0 unspecified atom stereocenters. The maximum absolute atomic E-state index is 11.5. The SMILES string of the molecule is COC(=O)Cc1ccccc1CN(C)Cc1ccc(C)o1. The van der Waals surface area contributed by atoms with E-state index < -0.39 is 0 Å². The molecular weight excluding hydrogens is 266 g/mol. The van der Waals surface area contributed by atoms with E-state index in [9.17, 15) is 4.79 Å². The minimum absolute atomic E-state index is 0.216. The van der Waals surface area contributed by atoms with Crippen LogP contribution in [0.4, 0.5) is 0 Å². The predicted molar refractivity (Wildman–Crippen MR) is 80.8 cm³/mol. The van der Waals surface area contributed by atoms with Gasteiger partial charge in [0.05, 0.1) is 20.1 Å². The van der Waals surface area contributed by atoms with Gasteiger partial charge in [-0.05, 0) is 37.2 Å². The van der Waals surface area contributed by atoms with E-state index in [1.165, 1.54) is 7.11 Å². The lowest BCUT2D eigenvalue weighted by atomic mass is 10.0. The number of carbonyl (C=O) groups is 1. The smallest absolute Gasteiger partial charge is 0.309 e. The highest BCUT2D eigenvalue weighted by atomic mass is 16.5. The lowest BCUT2D eigenvalue weighted by Crippen LogP contribution is -2.18. The van der Waals surface area contributed by atoms with E-state index >= 15 is 0 Å². The molecular formula is C17H21NO3. The number of ether oxygens (including phenoxy) is 1. The maximum atomic E-state index is 11.5. The molecule has 1 heterocycles. The van der Waals surface area contributed by atoms with Crippen LogP contribution in [0, 0.1) is 6.92 Å². The molecule has 1 aromatic heterocycles. The van der Waals surface area contributed by atoms with E-state index in [-0.39, 0.29) is 5.97 Å². The molecule has 0 aliphatic heterocycles. The summed E-state index contributed by atoms with van der Waals surface area (Å²) in [7, 11) is 3.45. The van der Waals surface area contributed by atoms with E-state index in [1.807, 2.05) is 50.4 Å². The van der Waals surface area contributed by atoms with Crippen molar-refractivity contribution in [2.45, 2.75) is 26.4 Å². The highest BCUT2D eigenvalue weighted by Gasteiger charge is 2.10. The highest BCUT2D eigenvalue weighted by Crippen LogP contribution is 2.15. The first kappa shape index (κ1) is 15.3. The van der Waals surface area contributed by atoms with Crippen molar-refractivity contribution >= 4 is 5.97 Å². The molecule has 0 saturated heterocycles. The number of esters is 1. The quantitative estimate of drug-likeness (QED) is 0.766. The molecule has 0 saturated carbocycles. The normalized spacial score (nSPS) is 10.9. The fourth-order valence-corrected chi connectivity index (χ4v) is 2.29. The van der Waals surface area contributed by atoms with Gasteiger partial charge in [0.2, 0.25) is 0 Å². The Morgan fingerprint density at radius 2 is 1.86 bits per heavy atom. The average Bonchev–Trinajstić information content (AvgIpc) is 2.86. The Bertz CT molecular complexity index is 604. The zero-order chi connectivity index (χ0) is 15.2. The summed E-state index contributed by atoms with van der Waals surface area (Å²) in [5.41, 5.74) is 2.14. The van der Waals surface area contributed by atoms with Gasteiger partial charge in [-0.25, -0.2) is 0 Å². The van der Waals surface area contributed by atoms with E-state index in [2.05, 4.69) is 4.90 Å². The van der Waals surface area contributed by atoms with Gasteiger partial charge in [0.15, 0.2) is 0 Å². The molecule has 0 bridgehead atoms. The zero-order valence-corrected chi connectivity index (χ0v) is 12.8. The number of furan rings is 1. The number of rotatable bonds is 6. The molecule has 0 spiro atoms. The van der Waals surface area contributed by atoms with Crippen molar-refractivity contribution in [3.8, 4) is 0 Å². The number of aryl methyl sites for hydroxylation is 1. The summed E-state index contributed by atoms with van der Waals surface area (Å²) in [5, 5.41) is 0. The van der Waals surface area contributed by atoms with Gasteiger partial charge in [-0.2, -0.15) is 0 Å². The first-order chi connectivity index (χ1) is 10.1. The monoisotopic (exact) mass is 287 g/mol. The van der Waals surface area contributed by atoms with Gasteiger partial charge in [-0.15, -0.1) is 0 Å². The Labute approximate surface area is 125 Å². The van der Waals surface area contributed by atoms with Gasteiger partial charge in [0.25, 0.3) is 0 Å². The molecule has 1 aromatic carbocycles. The molecule has 0 radical (unpaired) electrons. The van der Waals surface area contributed by atoms with Crippen LogP contribution in [0.25, 0.3) is 0 Å². The third-order valence-electron chi connectivity index (χ3n) is 3.34. The summed E-state index contributed by atoms with van der Waals surface area (Å²) >= 11 is 0. The predicted octanol–water partition coefficient (Wildman–Crippen LogP) is 2.94. The first-order valence-corrected chi connectivity index (χ1v) is 6.96. The van der Waals surface area contributed by atoms with E-state index in [0.717, 1.165) is 35.7 Å². The fourth-order valence-electron chi connectivity index (χ4n) is 2.29. The number of nitrogens with zero attached hydrogens (tertiary/aromatic N) is 1. The summed E-state index contributed by atoms with van der Waals surface area (Å²) in [4.78, 5) is 13.6. The van der Waals surface area contributed by atoms with Gasteiger partial charge < -0.3 is 9.15 Å². The molecule has 2 rings (SSSR count). The van der Waals surface area contributed by atoms with Crippen molar-refractivity contribution in [2.75, 3.05) is 14.2 Å². The van der Waals surface area contributed by atoms with Crippen molar-refractivity contribution in [3.05, 3.63) is 59.0 Å². The Morgan fingerprint density at radius 3 is 2.48 bits per heavy atom. The summed E-state index contributed by atoms with van der Waals surface area (Å²) in [6, 6.07) is 11.9. The maximum Gasteiger partial charge on any atom is 0.309 e. The Hall–Kier alpha value is -2.07. The fraction of sp³-hybridized carbons (Fsp3) is 0.353. The summed E-state index contributed by atoms with van der Waals surface area (Å²) in [5.74, 6) is 1.65. The van der Waals surface area contributed by atoms with Crippen LogP contribution in [0.3, 0.4) is 0 Å². The molecule has 4 heteroatoms. The van der Waals surface area contributed by atoms with Crippen molar-refractivity contribution < 1.29 is 13.9 Å². The summed E-state index contributed by atoms with van der Waals surface area (Å²) in [6.07, 6.45) is 0.306. The molecule has 0 N–H and O–H groups in total. The molecule has 0 aliphatic carbocycles. The van der Waals surface area contributed by atoms with Gasteiger partial charge in [0, 0.05) is 6.54 Å². The van der Waals surface area contributed by atoms with E-state index in [0.29, 0.717) is 6.42 Å². The second-order valence-electron chi connectivity index (χ2n) is 5.21. The summed E-state index contributed by atoms with van der Waals surface area (Å²) in [6.45, 7) is 3.43. The van der Waals surface area contributed by atoms with Crippen LogP contribution in [-0.4, -0.2) is 25.0 Å². The van der Waals surface area contributed by atoms with Crippen LogP contribution in [0.15, 0.2) is 40.8 Å². The molecule has 0 amide bonds. The van der Waals surface area contributed by atoms with Gasteiger partial charge in [-0.1, -0.05) is 24.3 Å².